The molecule has 2 aromatic carbocycles. The number of amides is 2. The highest BCUT2D eigenvalue weighted by molar-refractivity contribution is 6.32. The Balaban J connectivity index is 2.11. The van der Waals surface area contributed by atoms with Crippen molar-refractivity contribution in [3.63, 3.8) is 0 Å². The molecule has 0 aliphatic rings. The second-order valence-corrected chi connectivity index (χ2v) is 6.52. The molecule has 0 heterocycles. The van der Waals surface area contributed by atoms with Crippen molar-refractivity contribution in [3.05, 3.63) is 63.7 Å². The normalized spacial score (nSPS) is 12.4. The predicted octanol–water partition coefficient (Wildman–Crippen LogP) is 2.42. The lowest BCUT2D eigenvalue weighted by atomic mass is 10.1. The van der Waals surface area contributed by atoms with Crippen molar-refractivity contribution < 1.29 is 23.5 Å². The monoisotopic (exact) mass is 422 g/mol. The SMILES string of the molecule is Cc1c(N[C@@H](C(=O)NNC(=O)c2ccc(F)cc2F)C(C)O)ccc(C#N)c1Cl. The second kappa shape index (κ2) is 9.32. The lowest BCUT2D eigenvalue weighted by Gasteiger charge is -2.23. The van der Waals surface area contributed by atoms with E-state index in [2.05, 4.69) is 10.7 Å². The van der Waals surface area contributed by atoms with Gasteiger partial charge in [-0.25, -0.2) is 8.78 Å². The van der Waals surface area contributed by atoms with Gasteiger partial charge in [0.05, 0.1) is 22.3 Å². The Kier molecular flexibility index (Phi) is 7.09. The molecule has 2 aromatic rings. The zero-order valence-corrected chi connectivity index (χ0v) is 16.1. The van der Waals surface area contributed by atoms with Gasteiger partial charge in [-0.3, -0.25) is 20.4 Å². The maximum absolute atomic E-state index is 13.6. The highest BCUT2D eigenvalue weighted by Crippen LogP contribution is 2.27. The number of benzene rings is 2. The molecule has 0 radical (unpaired) electrons. The van der Waals surface area contributed by atoms with Gasteiger partial charge in [0.15, 0.2) is 0 Å². The van der Waals surface area contributed by atoms with Gasteiger partial charge in [0.25, 0.3) is 11.8 Å². The summed E-state index contributed by atoms with van der Waals surface area (Å²) in [5.74, 6) is -3.77. The van der Waals surface area contributed by atoms with E-state index in [1.807, 2.05) is 11.5 Å². The highest BCUT2D eigenvalue weighted by Gasteiger charge is 2.25. The molecule has 29 heavy (non-hydrogen) atoms. The number of anilines is 1. The summed E-state index contributed by atoms with van der Waals surface area (Å²) >= 11 is 6.09. The van der Waals surface area contributed by atoms with Crippen LogP contribution >= 0.6 is 11.6 Å². The van der Waals surface area contributed by atoms with Gasteiger partial charge in [-0.05, 0) is 43.7 Å². The van der Waals surface area contributed by atoms with E-state index in [4.69, 9.17) is 16.9 Å². The molecule has 2 rings (SSSR count). The van der Waals surface area contributed by atoms with Gasteiger partial charge in [-0.2, -0.15) is 5.26 Å². The van der Waals surface area contributed by atoms with Crippen molar-refractivity contribution in [2.24, 2.45) is 0 Å². The summed E-state index contributed by atoms with van der Waals surface area (Å²) in [6.07, 6.45) is -1.19. The predicted molar refractivity (Wildman–Crippen MR) is 102 cm³/mol. The number of hydrazine groups is 1. The van der Waals surface area contributed by atoms with E-state index < -0.39 is 41.2 Å². The molecule has 0 aromatic heterocycles. The van der Waals surface area contributed by atoms with Gasteiger partial charge >= 0.3 is 0 Å². The molecule has 0 spiro atoms. The van der Waals surface area contributed by atoms with E-state index in [-0.39, 0.29) is 10.6 Å². The van der Waals surface area contributed by atoms with E-state index in [0.29, 0.717) is 17.3 Å². The third kappa shape index (κ3) is 5.19. The van der Waals surface area contributed by atoms with Crippen molar-refractivity contribution in [2.75, 3.05) is 5.32 Å². The van der Waals surface area contributed by atoms with Gasteiger partial charge in [0.1, 0.15) is 23.7 Å². The van der Waals surface area contributed by atoms with Crippen LogP contribution in [0.1, 0.15) is 28.4 Å². The summed E-state index contributed by atoms with van der Waals surface area (Å²) in [5.41, 5.74) is 4.74. The number of nitrogens with one attached hydrogen (secondary N) is 3. The number of nitrogens with zero attached hydrogens (tertiary/aromatic N) is 1. The third-order valence-corrected chi connectivity index (χ3v) is 4.54. The topological polar surface area (TPSA) is 114 Å². The van der Waals surface area contributed by atoms with E-state index in [9.17, 15) is 23.5 Å². The van der Waals surface area contributed by atoms with Crippen molar-refractivity contribution in [3.8, 4) is 6.07 Å². The van der Waals surface area contributed by atoms with Crippen LogP contribution in [0.3, 0.4) is 0 Å². The molecule has 1 unspecified atom stereocenters. The Labute approximate surface area is 170 Å². The highest BCUT2D eigenvalue weighted by atomic mass is 35.5. The van der Waals surface area contributed by atoms with Gasteiger partial charge in [-0.1, -0.05) is 11.6 Å². The molecular weight excluding hydrogens is 406 g/mol. The molecular formula is C19H17ClF2N4O3. The van der Waals surface area contributed by atoms with Crippen molar-refractivity contribution in [2.45, 2.75) is 26.0 Å². The average molecular weight is 423 g/mol. The number of hydrogen-bond donors (Lipinski definition) is 4. The summed E-state index contributed by atoms with van der Waals surface area (Å²) in [5, 5.41) is 21.9. The molecule has 4 N–H and O–H groups in total. The summed E-state index contributed by atoms with van der Waals surface area (Å²) in [6.45, 7) is 2.97. The Morgan fingerprint density at radius 1 is 1.21 bits per heavy atom. The number of carbonyl (C=O) groups excluding carboxylic acids is 2. The lowest BCUT2D eigenvalue weighted by molar-refractivity contribution is -0.124. The first kappa shape index (κ1) is 22.1. The van der Waals surface area contributed by atoms with Crippen molar-refractivity contribution in [1.82, 2.24) is 10.9 Å². The Morgan fingerprint density at radius 3 is 2.48 bits per heavy atom. The van der Waals surface area contributed by atoms with Gasteiger partial charge in [0.2, 0.25) is 0 Å². The van der Waals surface area contributed by atoms with E-state index in [0.717, 1.165) is 12.1 Å². The molecule has 0 bridgehead atoms. The van der Waals surface area contributed by atoms with E-state index in [1.54, 1.807) is 6.92 Å². The number of aliphatic hydroxyl groups excluding tert-OH is 1. The molecule has 7 nitrogen and oxygen atoms in total. The fourth-order valence-corrected chi connectivity index (χ4v) is 2.64. The summed E-state index contributed by atoms with van der Waals surface area (Å²) in [4.78, 5) is 24.4. The van der Waals surface area contributed by atoms with Crippen LogP contribution in [0.4, 0.5) is 14.5 Å². The van der Waals surface area contributed by atoms with Gasteiger partial charge in [0, 0.05) is 11.8 Å². The smallest absolute Gasteiger partial charge is 0.272 e. The van der Waals surface area contributed by atoms with E-state index in [1.165, 1.54) is 19.1 Å². The minimum atomic E-state index is -1.21. The summed E-state index contributed by atoms with van der Waals surface area (Å²) in [7, 11) is 0. The number of nitriles is 1. The fourth-order valence-electron chi connectivity index (χ4n) is 2.44. The van der Waals surface area contributed by atoms with Crippen LogP contribution in [0.2, 0.25) is 5.02 Å². The number of aliphatic hydroxyl groups is 1. The van der Waals surface area contributed by atoms with Crippen molar-refractivity contribution in [1.29, 1.82) is 5.26 Å². The number of rotatable bonds is 5. The maximum atomic E-state index is 13.6. The minimum absolute atomic E-state index is 0.197. The van der Waals surface area contributed by atoms with Crippen molar-refractivity contribution >= 4 is 29.1 Å². The van der Waals surface area contributed by atoms with Crippen LogP contribution in [0.25, 0.3) is 0 Å². The van der Waals surface area contributed by atoms with Gasteiger partial charge in [-0.15, -0.1) is 0 Å². The van der Waals surface area contributed by atoms with Crippen LogP contribution in [0, 0.1) is 29.9 Å². The average Bonchev–Trinajstić information content (AvgIpc) is 2.66. The Morgan fingerprint density at radius 2 is 1.90 bits per heavy atom. The van der Waals surface area contributed by atoms with Gasteiger partial charge < -0.3 is 10.4 Å². The fraction of sp³-hybridized carbons (Fsp3) is 0.211. The van der Waals surface area contributed by atoms with Crippen LogP contribution < -0.4 is 16.2 Å². The molecule has 10 heteroatoms. The van der Waals surface area contributed by atoms with Crippen LogP contribution in [0.5, 0.6) is 0 Å². The van der Waals surface area contributed by atoms with Crippen LogP contribution in [-0.2, 0) is 4.79 Å². The summed E-state index contributed by atoms with van der Waals surface area (Å²) < 4.78 is 26.6. The molecule has 0 saturated heterocycles. The number of hydrogen-bond acceptors (Lipinski definition) is 5. The Bertz CT molecular complexity index is 992. The standard InChI is InChI=1S/C19H17ClF2N4O3/c1-9-15(6-3-11(8-23)16(9)20)24-17(10(2)27)19(29)26-25-18(28)13-5-4-12(21)7-14(13)22/h3-7,10,17,24,27H,1-2H3,(H,25,28)(H,26,29)/t10?,17-/m1/s1. The van der Waals surface area contributed by atoms with Crippen LogP contribution in [0.15, 0.2) is 30.3 Å². The quantitative estimate of drug-likeness (QED) is 0.552. The first-order valence-corrected chi connectivity index (χ1v) is 8.72. The molecule has 2 amide bonds. The molecule has 0 fully saturated rings. The minimum Gasteiger partial charge on any atom is -0.391 e. The zero-order valence-electron chi connectivity index (χ0n) is 15.4. The summed E-state index contributed by atoms with van der Waals surface area (Å²) in [6, 6.07) is 6.06. The molecule has 0 aliphatic carbocycles. The first-order valence-electron chi connectivity index (χ1n) is 8.34. The number of carbonyl (C=O) groups is 2. The zero-order chi connectivity index (χ0) is 21.7. The lowest BCUT2D eigenvalue weighted by Crippen LogP contribution is -2.52. The molecule has 152 valence electrons. The molecule has 0 aliphatic heterocycles. The third-order valence-electron chi connectivity index (χ3n) is 4.06. The Hall–Kier alpha value is -3.22. The first-order chi connectivity index (χ1) is 13.6. The second-order valence-electron chi connectivity index (χ2n) is 6.14. The maximum Gasteiger partial charge on any atom is 0.272 e. The molecule has 2 atom stereocenters. The van der Waals surface area contributed by atoms with Crippen LogP contribution in [-0.4, -0.2) is 29.1 Å². The largest absolute Gasteiger partial charge is 0.391 e. The van der Waals surface area contributed by atoms with E-state index >= 15 is 0 Å². The number of halogens is 3. The molecule has 0 saturated carbocycles.